The van der Waals surface area contributed by atoms with Crippen LogP contribution in [0.1, 0.15) is 32.8 Å². The fourth-order valence-corrected chi connectivity index (χ4v) is 1.86. The van der Waals surface area contributed by atoms with Gasteiger partial charge in [0.25, 0.3) is 0 Å². The summed E-state index contributed by atoms with van der Waals surface area (Å²) >= 11 is 0. The number of methoxy groups -OCH3 is 1. The van der Waals surface area contributed by atoms with Gasteiger partial charge < -0.3 is 14.6 Å². The van der Waals surface area contributed by atoms with E-state index < -0.39 is 6.10 Å². The molecule has 0 aliphatic heterocycles. The topological polar surface area (TPSA) is 38.7 Å². The van der Waals surface area contributed by atoms with Gasteiger partial charge in [-0.1, -0.05) is 31.6 Å². The molecule has 0 saturated heterocycles. The van der Waals surface area contributed by atoms with Crippen molar-refractivity contribution in [3.05, 3.63) is 42.0 Å². The highest BCUT2D eigenvalue weighted by Gasteiger charge is 2.27. The molecule has 0 saturated carbocycles. The van der Waals surface area contributed by atoms with Crippen LogP contribution >= 0.6 is 0 Å². The Kier molecular flexibility index (Phi) is 6.24. The van der Waals surface area contributed by atoms with Crippen LogP contribution < -0.4 is 4.74 Å². The minimum absolute atomic E-state index is 0.286. The molecule has 1 atom stereocenters. The predicted octanol–water partition coefficient (Wildman–Crippen LogP) is 3.57. The van der Waals surface area contributed by atoms with Crippen LogP contribution in [0.3, 0.4) is 0 Å². The van der Waals surface area contributed by atoms with Gasteiger partial charge in [0.2, 0.25) is 0 Å². The molecule has 0 bridgehead atoms. The summed E-state index contributed by atoms with van der Waals surface area (Å²) in [6.07, 6.45) is 0.176. The summed E-state index contributed by atoms with van der Waals surface area (Å²) in [4.78, 5) is 0. The molecular formula is C17H26O3. The van der Waals surface area contributed by atoms with E-state index in [1.807, 2.05) is 45.0 Å². The van der Waals surface area contributed by atoms with Gasteiger partial charge in [0.05, 0.1) is 26.4 Å². The van der Waals surface area contributed by atoms with Crippen LogP contribution in [0.5, 0.6) is 5.75 Å². The number of hydrogen-bond donors (Lipinski definition) is 1. The second kappa shape index (κ2) is 7.46. The SMILES string of the molecule is C=C(C)C[C@@H](O)C(C)(C)COCc1ccc(OC)cc1. The average molecular weight is 278 g/mol. The lowest BCUT2D eigenvalue weighted by Gasteiger charge is -2.30. The van der Waals surface area contributed by atoms with Crippen molar-refractivity contribution in [2.45, 2.75) is 39.9 Å². The number of aliphatic hydroxyl groups is 1. The molecule has 1 N–H and O–H groups in total. The van der Waals surface area contributed by atoms with Gasteiger partial charge in [-0.05, 0) is 31.0 Å². The normalized spacial score (nSPS) is 13.1. The first-order valence-corrected chi connectivity index (χ1v) is 6.88. The Morgan fingerprint density at radius 2 is 1.90 bits per heavy atom. The molecule has 0 amide bonds. The summed E-state index contributed by atoms with van der Waals surface area (Å²) in [5.41, 5.74) is 1.79. The first kappa shape index (κ1) is 16.7. The maximum atomic E-state index is 10.2. The number of rotatable bonds is 8. The van der Waals surface area contributed by atoms with E-state index in [1.165, 1.54) is 0 Å². The van der Waals surface area contributed by atoms with E-state index in [1.54, 1.807) is 7.11 Å². The molecule has 0 fully saturated rings. The molecule has 0 aliphatic rings. The van der Waals surface area contributed by atoms with Crippen molar-refractivity contribution in [3.63, 3.8) is 0 Å². The van der Waals surface area contributed by atoms with Gasteiger partial charge in [-0.25, -0.2) is 0 Å². The standard InChI is InChI=1S/C17H26O3/c1-13(2)10-16(18)17(3,4)12-20-11-14-6-8-15(19-5)9-7-14/h6-9,16,18H,1,10-12H2,2-5H3/t16-/m1/s1. The third-order valence-corrected chi connectivity index (χ3v) is 3.35. The van der Waals surface area contributed by atoms with Crippen LogP contribution in [0.25, 0.3) is 0 Å². The molecular weight excluding hydrogens is 252 g/mol. The molecule has 3 heteroatoms. The number of ether oxygens (including phenoxy) is 2. The Bertz CT molecular complexity index is 420. The van der Waals surface area contributed by atoms with Crippen LogP contribution in [0.2, 0.25) is 0 Å². The van der Waals surface area contributed by atoms with Gasteiger partial charge in [0.1, 0.15) is 5.75 Å². The van der Waals surface area contributed by atoms with E-state index in [2.05, 4.69) is 6.58 Å². The number of benzene rings is 1. The van der Waals surface area contributed by atoms with Crippen LogP contribution in [0.15, 0.2) is 36.4 Å². The zero-order chi connectivity index (χ0) is 15.2. The average Bonchev–Trinajstić information content (AvgIpc) is 2.38. The lowest BCUT2D eigenvalue weighted by molar-refractivity contribution is -0.0284. The highest BCUT2D eigenvalue weighted by molar-refractivity contribution is 5.26. The van der Waals surface area contributed by atoms with E-state index in [0.717, 1.165) is 16.9 Å². The Labute approximate surface area is 122 Å². The zero-order valence-electron chi connectivity index (χ0n) is 13.0. The van der Waals surface area contributed by atoms with Crippen molar-refractivity contribution in [2.24, 2.45) is 5.41 Å². The van der Waals surface area contributed by atoms with Crippen LogP contribution in [0, 0.1) is 5.41 Å². The Morgan fingerprint density at radius 3 is 2.40 bits per heavy atom. The Hall–Kier alpha value is -1.32. The molecule has 3 nitrogen and oxygen atoms in total. The van der Waals surface area contributed by atoms with Crippen molar-refractivity contribution in [1.82, 2.24) is 0 Å². The second-order valence-electron chi connectivity index (χ2n) is 6.01. The monoisotopic (exact) mass is 278 g/mol. The summed E-state index contributed by atoms with van der Waals surface area (Å²) in [5.74, 6) is 0.839. The fourth-order valence-electron chi connectivity index (χ4n) is 1.86. The molecule has 1 aromatic carbocycles. The zero-order valence-corrected chi connectivity index (χ0v) is 13.0. The molecule has 0 heterocycles. The van der Waals surface area contributed by atoms with Crippen molar-refractivity contribution in [2.75, 3.05) is 13.7 Å². The smallest absolute Gasteiger partial charge is 0.118 e. The van der Waals surface area contributed by atoms with E-state index in [0.29, 0.717) is 19.6 Å². The van der Waals surface area contributed by atoms with Crippen molar-refractivity contribution >= 4 is 0 Å². The molecule has 112 valence electrons. The van der Waals surface area contributed by atoms with Crippen LogP contribution in [-0.4, -0.2) is 24.9 Å². The largest absolute Gasteiger partial charge is 0.497 e. The molecule has 0 aromatic heterocycles. The number of hydrogen-bond acceptors (Lipinski definition) is 3. The molecule has 20 heavy (non-hydrogen) atoms. The van der Waals surface area contributed by atoms with Gasteiger partial charge in [0, 0.05) is 5.41 Å². The highest BCUT2D eigenvalue weighted by Crippen LogP contribution is 2.26. The van der Waals surface area contributed by atoms with Crippen molar-refractivity contribution < 1.29 is 14.6 Å². The van der Waals surface area contributed by atoms with E-state index in [9.17, 15) is 5.11 Å². The van der Waals surface area contributed by atoms with Gasteiger partial charge >= 0.3 is 0 Å². The lowest BCUT2D eigenvalue weighted by Crippen LogP contribution is -2.34. The lowest BCUT2D eigenvalue weighted by atomic mass is 9.84. The minimum atomic E-state index is -0.434. The van der Waals surface area contributed by atoms with Gasteiger partial charge in [0.15, 0.2) is 0 Å². The first-order chi connectivity index (χ1) is 9.35. The maximum Gasteiger partial charge on any atom is 0.118 e. The summed E-state index contributed by atoms with van der Waals surface area (Å²) < 4.78 is 10.8. The van der Waals surface area contributed by atoms with Gasteiger partial charge in [-0.15, -0.1) is 6.58 Å². The first-order valence-electron chi connectivity index (χ1n) is 6.88. The maximum absolute atomic E-state index is 10.2. The summed E-state index contributed by atoms with van der Waals surface area (Å²) in [7, 11) is 1.65. The molecule has 1 rings (SSSR count). The Balaban J connectivity index is 2.43. The summed E-state index contributed by atoms with van der Waals surface area (Å²) in [5, 5.41) is 10.2. The molecule has 0 spiro atoms. The molecule has 0 aliphatic carbocycles. The quantitative estimate of drug-likeness (QED) is 0.739. The molecule has 0 unspecified atom stereocenters. The molecule has 0 radical (unpaired) electrons. The summed E-state index contributed by atoms with van der Waals surface area (Å²) in [6.45, 7) is 10.8. The second-order valence-corrected chi connectivity index (χ2v) is 6.01. The molecule has 1 aromatic rings. The summed E-state index contributed by atoms with van der Waals surface area (Å²) in [6, 6.07) is 7.80. The van der Waals surface area contributed by atoms with Crippen LogP contribution in [-0.2, 0) is 11.3 Å². The van der Waals surface area contributed by atoms with Crippen LogP contribution in [0.4, 0.5) is 0 Å². The highest BCUT2D eigenvalue weighted by atomic mass is 16.5. The van der Waals surface area contributed by atoms with Gasteiger partial charge in [-0.2, -0.15) is 0 Å². The van der Waals surface area contributed by atoms with Crippen molar-refractivity contribution in [1.29, 1.82) is 0 Å². The van der Waals surface area contributed by atoms with E-state index in [-0.39, 0.29) is 5.41 Å². The minimum Gasteiger partial charge on any atom is -0.497 e. The van der Waals surface area contributed by atoms with Crippen molar-refractivity contribution in [3.8, 4) is 5.75 Å². The fraction of sp³-hybridized carbons (Fsp3) is 0.529. The number of aliphatic hydroxyl groups excluding tert-OH is 1. The van der Waals surface area contributed by atoms with E-state index in [4.69, 9.17) is 9.47 Å². The van der Waals surface area contributed by atoms with E-state index >= 15 is 0 Å². The predicted molar refractivity (Wildman–Crippen MR) is 81.9 cm³/mol. The third-order valence-electron chi connectivity index (χ3n) is 3.35. The van der Waals surface area contributed by atoms with Gasteiger partial charge in [-0.3, -0.25) is 0 Å². The Morgan fingerprint density at radius 1 is 1.30 bits per heavy atom. The third kappa shape index (κ3) is 5.35.